The molecule has 28 heavy (non-hydrogen) atoms. The van der Waals surface area contributed by atoms with E-state index in [2.05, 4.69) is 26.3 Å². The summed E-state index contributed by atoms with van der Waals surface area (Å²) in [6.45, 7) is 12.0. The third kappa shape index (κ3) is 6.17. The molecule has 0 saturated carbocycles. The highest BCUT2D eigenvalue weighted by Crippen LogP contribution is 2.28. The van der Waals surface area contributed by atoms with Crippen LogP contribution >= 0.6 is 15.9 Å². The van der Waals surface area contributed by atoms with Crippen molar-refractivity contribution in [3.05, 3.63) is 46.1 Å². The summed E-state index contributed by atoms with van der Waals surface area (Å²) in [4.78, 5) is 12.5. The monoisotopic (exact) mass is 469 g/mol. The normalized spacial score (nSPS) is 12.8. The number of carbonyl (C=O) groups excluding carboxylic acids is 1. The van der Waals surface area contributed by atoms with Crippen molar-refractivity contribution in [2.45, 2.75) is 58.2 Å². The average molecular weight is 470 g/mol. The van der Waals surface area contributed by atoms with Crippen molar-refractivity contribution < 1.29 is 13.2 Å². The summed E-state index contributed by atoms with van der Waals surface area (Å²) < 4.78 is 27.4. The van der Waals surface area contributed by atoms with E-state index in [1.54, 1.807) is 22.9 Å². The zero-order chi connectivity index (χ0) is 21.3. The highest BCUT2D eigenvalue weighted by atomic mass is 79.9. The van der Waals surface area contributed by atoms with E-state index in [0.29, 0.717) is 11.4 Å². The number of carbonyl (C=O) groups is 1. The summed E-state index contributed by atoms with van der Waals surface area (Å²) in [5.41, 5.74) is 0.913. The quantitative estimate of drug-likeness (QED) is 0.709. The number of nitrogens with one attached hydrogen (secondary N) is 1. The second-order valence-electron chi connectivity index (χ2n) is 8.96. The van der Waals surface area contributed by atoms with Gasteiger partial charge >= 0.3 is 0 Å². The highest BCUT2D eigenvalue weighted by Gasteiger charge is 2.27. The molecular formula is C20H28BrN3O3S. The Bertz CT molecular complexity index is 967. The molecule has 1 aromatic heterocycles. The number of benzene rings is 1. The van der Waals surface area contributed by atoms with Crippen molar-refractivity contribution in [1.29, 1.82) is 0 Å². The molecule has 0 fully saturated rings. The number of anilines is 1. The van der Waals surface area contributed by atoms with Crippen LogP contribution in [0.25, 0.3) is 0 Å². The maximum Gasteiger partial charge on any atom is 0.240 e. The lowest BCUT2D eigenvalue weighted by Crippen LogP contribution is -2.29. The van der Waals surface area contributed by atoms with Crippen molar-refractivity contribution in [3.8, 4) is 0 Å². The van der Waals surface area contributed by atoms with Gasteiger partial charge in [-0.3, -0.25) is 4.79 Å². The fraction of sp³-hybridized carbons (Fsp3) is 0.500. The summed E-state index contributed by atoms with van der Waals surface area (Å²) in [5.74, 6) is -0.841. The SMILES string of the molecule is CC(C)(C)c1cc(NC(=O)CS(=O)(=O)Cc2cccc(Br)c2)n(C(C)(C)C)n1. The van der Waals surface area contributed by atoms with Crippen molar-refractivity contribution >= 4 is 37.5 Å². The largest absolute Gasteiger partial charge is 0.310 e. The first-order valence-corrected chi connectivity index (χ1v) is 11.6. The van der Waals surface area contributed by atoms with Gasteiger partial charge in [-0.15, -0.1) is 0 Å². The standard InChI is InChI=1S/C20H28BrN3O3S/c1-19(2,3)16-11-17(24(23-16)20(4,5)6)22-18(25)13-28(26,27)12-14-8-7-9-15(21)10-14/h7-11H,12-13H2,1-6H3,(H,22,25). The lowest BCUT2D eigenvalue weighted by Gasteiger charge is -2.23. The van der Waals surface area contributed by atoms with Gasteiger partial charge in [-0.2, -0.15) is 5.10 Å². The Morgan fingerprint density at radius 3 is 2.32 bits per heavy atom. The lowest BCUT2D eigenvalue weighted by atomic mass is 9.92. The van der Waals surface area contributed by atoms with E-state index < -0.39 is 21.5 Å². The first-order chi connectivity index (χ1) is 12.7. The molecule has 1 N–H and O–H groups in total. The lowest BCUT2D eigenvalue weighted by molar-refractivity contribution is -0.113. The van der Waals surface area contributed by atoms with E-state index >= 15 is 0 Å². The minimum absolute atomic E-state index is 0.189. The Hall–Kier alpha value is -1.67. The second kappa shape index (κ2) is 7.99. The highest BCUT2D eigenvalue weighted by molar-refractivity contribution is 9.10. The van der Waals surface area contributed by atoms with Gasteiger partial charge in [0.2, 0.25) is 5.91 Å². The molecule has 0 saturated heterocycles. The van der Waals surface area contributed by atoms with Crippen LogP contribution in [0.15, 0.2) is 34.8 Å². The molecule has 0 bridgehead atoms. The van der Waals surface area contributed by atoms with Crippen LogP contribution < -0.4 is 5.32 Å². The van der Waals surface area contributed by atoms with Crippen molar-refractivity contribution in [2.75, 3.05) is 11.1 Å². The minimum Gasteiger partial charge on any atom is -0.310 e. The predicted molar refractivity (Wildman–Crippen MR) is 116 cm³/mol. The van der Waals surface area contributed by atoms with Crippen molar-refractivity contribution in [1.82, 2.24) is 9.78 Å². The molecule has 2 aromatic rings. The predicted octanol–water partition coefficient (Wildman–Crippen LogP) is 4.25. The molecule has 0 aliphatic rings. The first kappa shape index (κ1) is 22.6. The third-order valence-electron chi connectivity index (χ3n) is 4.01. The Morgan fingerprint density at radius 1 is 1.14 bits per heavy atom. The van der Waals surface area contributed by atoms with E-state index in [-0.39, 0.29) is 16.7 Å². The molecule has 0 spiro atoms. The van der Waals surface area contributed by atoms with Crippen LogP contribution in [0.1, 0.15) is 52.8 Å². The molecule has 1 heterocycles. The van der Waals surface area contributed by atoms with Gasteiger partial charge in [-0.05, 0) is 38.5 Å². The molecule has 1 aromatic carbocycles. The van der Waals surface area contributed by atoms with E-state index in [1.165, 1.54) is 0 Å². The topological polar surface area (TPSA) is 81.1 Å². The number of amides is 1. The molecule has 2 rings (SSSR count). The number of sulfone groups is 1. The summed E-state index contributed by atoms with van der Waals surface area (Å²) >= 11 is 3.33. The molecule has 6 nitrogen and oxygen atoms in total. The molecule has 0 aliphatic carbocycles. The van der Waals surface area contributed by atoms with Gasteiger partial charge in [-0.25, -0.2) is 13.1 Å². The maximum absolute atomic E-state index is 12.5. The van der Waals surface area contributed by atoms with Crippen LogP contribution in [-0.2, 0) is 31.3 Å². The Labute approximate surface area is 175 Å². The van der Waals surface area contributed by atoms with Crippen LogP contribution in [0.2, 0.25) is 0 Å². The van der Waals surface area contributed by atoms with Gasteiger partial charge in [0.1, 0.15) is 11.6 Å². The zero-order valence-electron chi connectivity index (χ0n) is 17.2. The molecule has 0 atom stereocenters. The summed E-state index contributed by atoms with van der Waals surface area (Å²) in [6.07, 6.45) is 0. The van der Waals surface area contributed by atoms with Crippen LogP contribution in [0.4, 0.5) is 5.82 Å². The van der Waals surface area contributed by atoms with Gasteiger partial charge in [-0.1, -0.05) is 48.8 Å². The van der Waals surface area contributed by atoms with Crippen LogP contribution in [0.5, 0.6) is 0 Å². The molecule has 1 amide bonds. The molecule has 154 valence electrons. The summed E-state index contributed by atoms with van der Waals surface area (Å²) in [6, 6.07) is 8.86. The van der Waals surface area contributed by atoms with Crippen LogP contribution in [0.3, 0.4) is 0 Å². The average Bonchev–Trinajstić information content (AvgIpc) is 2.89. The fourth-order valence-electron chi connectivity index (χ4n) is 2.66. The molecular weight excluding hydrogens is 442 g/mol. The van der Waals surface area contributed by atoms with E-state index in [9.17, 15) is 13.2 Å². The number of hydrogen-bond donors (Lipinski definition) is 1. The van der Waals surface area contributed by atoms with E-state index in [4.69, 9.17) is 0 Å². The Kier molecular flexibility index (Phi) is 6.45. The van der Waals surface area contributed by atoms with Crippen molar-refractivity contribution in [2.24, 2.45) is 0 Å². The smallest absolute Gasteiger partial charge is 0.240 e. The van der Waals surface area contributed by atoms with Crippen LogP contribution in [0, 0.1) is 0 Å². The van der Waals surface area contributed by atoms with Crippen molar-refractivity contribution in [3.63, 3.8) is 0 Å². The summed E-state index contributed by atoms with van der Waals surface area (Å²) in [7, 11) is -3.60. The minimum atomic E-state index is -3.60. The third-order valence-corrected chi connectivity index (χ3v) is 5.98. The number of nitrogens with zero attached hydrogens (tertiary/aromatic N) is 2. The number of halogens is 1. The van der Waals surface area contributed by atoms with Crippen LogP contribution in [-0.4, -0.2) is 29.9 Å². The van der Waals surface area contributed by atoms with Gasteiger partial charge in [0, 0.05) is 16.0 Å². The number of aromatic nitrogens is 2. The molecule has 0 unspecified atom stereocenters. The molecule has 0 aliphatic heterocycles. The Morgan fingerprint density at radius 2 is 1.79 bits per heavy atom. The Balaban J connectivity index is 2.19. The van der Waals surface area contributed by atoms with Gasteiger partial charge in [0.05, 0.1) is 17.0 Å². The summed E-state index contributed by atoms with van der Waals surface area (Å²) in [5, 5.41) is 7.36. The van der Waals surface area contributed by atoms with E-state index in [0.717, 1.165) is 10.2 Å². The van der Waals surface area contributed by atoms with Gasteiger partial charge in [0.25, 0.3) is 0 Å². The second-order valence-corrected chi connectivity index (χ2v) is 11.9. The molecule has 8 heteroatoms. The van der Waals surface area contributed by atoms with Gasteiger partial charge < -0.3 is 5.32 Å². The number of hydrogen-bond acceptors (Lipinski definition) is 4. The van der Waals surface area contributed by atoms with E-state index in [1.807, 2.05) is 53.7 Å². The molecule has 0 radical (unpaired) electrons. The zero-order valence-corrected chi connectivity index (χ0v) is 19.6. The number of rotatable bonds is 5. The first-order valence-electron chi connectivity index (χ1n) is 9.03. The maximum atomic E-state index is 12.5. The van der Waals surface area contributed by atoms with Gasteiger partial charge in [0.15, 0.2) is 9.84 Å². The fourth-order valence-corrected chi connectivity index (χ4v) is 4.37.